The van der Waals surface area contributed by atoms with Crippen LogP contribution in [0.5, 0.6) is 5.75 Å². The molecule has 2 aromatic carbocycles. The highest BCUT2D eigenvalue weighted by molar-refractivity contribution is 7.89. The number of rotatable bonds is 7. The van der Waals surface area contributed by atoms with Crippen molar-refractivity contribution in [3.8, 4) is 5.75 Å². The number of hydrogen-bond acceptors (Lipinski definition) is 5. The van der Waals surface area contributed by atoms with E-state index in [9.17, 15) is 17.6 Å². The molecule has 9 heteroatoms. The largest absolute Gasteiger partial charge is 0.484 e. The van der Waals surface area contributed by atoms with Gasteiger partial charge in [0.2, 0.25) is 10.0 Å². The molecule has 0 unspecified atom stereocenters. The molecule has 0 atom stereocenters. The molecule has 7 nitrogen and oxygen atoms in total. The van der Waals surface area contributed by atoms with E-state index in [1.807, 2.05) is 0 Å². The van der Waals surface area contributed by atoms with Crippen LogP contribution in [0.25, 0.3) is 0 Å². The lowest BCUT2D eigenvalue weighted by atomic mass is 10.2. The van der Waals surface area contributed by atoms with Gasteiger partial charge in [-0.25, -0.2) is 12.8 Å². The zero-order chi connectivity index (χ0) is 20.9. The first-order chi connectivity index (χ1) is 13.9. The molecule has 1 saturated heterocycles. The highest BCUT2D eigenvalue weighted by atomic mass is 32.2. The van der Waals surface area contributed by atoms with Crippen LogP contribution in [-0.2, 0) is 26.1 Å². The topological polar surface area (TPSA) is 76.2 Å². The van der Waals surface area contributed by atoms with E-state index in [4.69, 9.17) is 9.47 Å². The first-order valence-corrected chi connectivity index (χ1v) is 10.6. The van der Waals surface area contributed by atoms with Gasteiger partial charge in [-0.15, -0.1) is 0 Å². The van der Waals surface area contributed by atoms with Gasteiger partial charge in [0.15, 0.2) is 6.61 Å². The molecule has 1 fully saturated rings. The Labute approximate surface area is 169 Å². The smallest absolute Gasteiger partial charge is 0.260 e. The molecular weight excluding hydrogens is 399 g/mol. The van der Waals surface area contributed by atoms with Crippen LogP contribution >= 0.6 is 0 Å². The number of ether oxygens (including phenoxy) is 2. The number of amides is 1. The van der Waals surface area contributed by atoms with Gasteiger partial charge in [-0.3, -0.25) is 4.79 Å². The molecule has 0 radical (unpaired) electrons. The second-order valence-corrected chi connectivity index (χ2v) is 8.59. The van der Waals surface area contributed by atoms with Crippen LogP contribution in [-0.4, -0.2) is 63.5 Å². The summed E-state index contributed by atoms with van der Waals surface area (Å²) in [6.07, 6.45) is 0. The number of benzene rings is 2. The molecule has 0 bridgehead atoms. The average molecular weight is 422 g/mol. The zero-order valence-electron chi connectivity index (χ0n) is 16.1. The summed E-state index contributed by atoms with van der Waals surface area (Å²) in [5, 5.41) is 0. The van der Waals surface area contributed by atoms with Crippen LogP contribution in [0.2, 0.25) is 0 Å². The summed E-state index contributed by atoms with van der Waals surface area (Å²) in [6.45, 7) is 1.57. The van der Waals surface area contributed by atoms with Gasteiger partial charge in [-0.1, -0.05) is 12.1 Å². The van der Waals surface area contributed by atoms with Crippen LogP contribution in [0.4, 0.5) is 4.39 Å². The lowest BCUT2D eigenvalue weighted by Gasteiger charge is -2.26. The fourth-order valence-electron chi connectivity index (χ4n) is 2.85. The summed E-state index contributed by atoms with van der Waals surface area (Å²) < 4.78 is 50.2. The van der Waals surface area contributed by atoms with E-state index in [0.29, 0.717) is 38.6 Å². The lowest BCUT2D eigenvalue weighted by Crippen LogP contribution is -2.40. The van der Waals surface area contributed by atoms with Crippen molar-refractivity contribution in [3.05, 3.63) is 59.9 Å². The third kappa shape index (κ3) is 5.53. The second kappa shape index (κ2) is 9.34. The Morgan fingerprint density at radius 3 is 2.34 bits per heavy atom. The maximum absolute atomic E-state index is 13.0. The molecular formula is C20H23FN2O5S. The van der Waals surface area contributed by atoms with Gasteiger partial charge in [0.25, 0.3) is 5.91 Å². The van der Waals surface area contributed by atoms with Crippen molar-refractivity contribution in [2.75, 3.05) is 40.0 Å². The van der Waals surface area contributed by atoms with Gasteiger partial charge < -0.3 is 14.4 Å². The van der Waals surface area contributed by atoms with Crippen LogP contribution in [0.3, 0.4) is 0 Å². The summed E-state index contributed by atoms with van der Waals surface area (Å²) >= 11 is 0. The van der Waals surface area contributed by atoms with Crippen molar-refractivity contribution < 1.29 is 27.1 Å². The van der Waals surface area contributed by atoms with Gasteiger partial charge >= 0.3 is 0 Å². The fourth-order valence-corrected chi connectivity index (χ4v) is 4.26. The van der Waals surface area contributed by atoms with Crippen LogP contribution in [0, 0.1) is 5.82 Å². The summed E-state index contributed by atoms with van der Waals surface area (Å²) in [4.78, 5) is 13.9. The molecule has 1 amide bonds. The third-order valence-corrected chi connectivity index (χ3v) is 6.47. The number of carbonyl (C=O) groups is 1. The predicted molar refractivity (Wildman–Crippen MR) is 104 cm³/mol. The molecule has 0 aliphatic carbocycles. The van der Waals surface area contributed by atoms with Crippen molar-refractivity contribution >= 4 is 15.9 Å². The van der Waals surface area contributed by atoms with E-state index in [-0.39, 0.29) is 23.2 Å². The number of carbonyl (C=O) groups excluding carboxylic acids is 1. The Kier molecular flexibility index (Phi) is 6.83. The normalized spacial score (nSPS) is 15.1. The van der Waals surface area contributed by atoms with Gasteiger partial charge in [0.05, 0.1) is 18.1 Å². The SMILES string of the molecule is CN(Cc1ccc(F)cc1)C(=O)COc1ccc(S(=O)(=O)N2CCOCC2)cc1. The molecule has 29 heavy (non-hydrogen) atoms. The molecule has 0 aromatic heterocycles. The minimum Gasteiger partial charge on any atom is -0.484 e. The van der Waals surface area contributed by atoms with Crippen molar-refractivity contribution in [1.82, 2.24) is 9.21 Å². The Balaban J connectivity index is 1.54. The predicted octanol–water partition coefficient (Wildman–Crippen LogP) is 1.88. The second-order valence-electron chi connectivity index (χ2n) is 6.65. The van der Waals surface area contributed by atoms with Gasteiger partial charge in [-0.2, -0.15) is 4.31 Å². The van der Waals surface area contributed by atoms with Crippen LogP contribution in [0.1, 0.15) is 5.56 Å². The Morgan fingerprint density at radius 1 is 1.10 bits per heavy atom. The van der Waals surface area contributed by atoms with Crippen molar-refractivity contribution in [3.63, 3.8) is 0 Å². The number of hydrogen-bond donors (Lipinski definition) is 0. The summed E-state index contributed by atoms with van der Waals surface area (Å²) in [6, 6.07) is 11.9. The average Bonchev–Trinajstić information content (AvgIpc) is 2.74. The summed E-state index contributed by atoms with van der Waals surface area (Å²) in [5.41, 5.74) is 0.805. The van der Waals surface area contributed by atoms with Crippen molar-refractivity contribution in [2.45, 2.75) is 11.4 Å². The first kappa shape index (κ1) is 21.2. The van der Waals surface area contributed by atoms with Gasteiger partial charge in [0, 0.05) is 26.7 Å². The quantitative estimate of drug-likeness (QED) is 0.681. The van der Waals surface area contributed by atoms with Crippen LogP contribution < -0.4 is 4.74 Å². The van der Waals surface area contributed by atoms with E-state index in [2.05, 4.69) is 0 Å². The number of nitrogens with zero attached hydrogens (tertiary/aromatic N) is 2. The van der Waals surface area contributed by atoms with Gasteiger partial charge in [0.1, 0.15) is 11.6 Å². The Morgan fingerprint density at radius 2 is 1.72 bits per heavy atom. The van der Waals surface area contributed by atoms with Crippen molar-refractivity contribution in [1.29, 1.82) is 0 Å². The standard InChI is InChI=1S/C20H23FN2O5S/c1-22(14-16-2-4-17(21)5-3-16)20(24)15-28-18-6-8-19(9-7-18)29(25,26)23-10-12-27-13-11-23/h2-9H,10-15H2,1H3. The minimum absolute atomic E-state index is 0.173. The van der Waals surface area contributed by atoms with E-state index < -0.39 is 10.0 Å². The number of morpholine rings is 1. The Hall–Kier alpha value is -2.49. The molecule has 0 N–H and O–H groups in total. The number of sulfonamides is 1. The highest BCUT2D eigenvalue weighted by Gasteiger charge is 2.26. The fraction of sp³-hybridized carbons (Fsp3) is 0.350. The molecule has 1 heterocycles. The third-order valence-electron chi connectivity index (χ3n) is 4.55. The molecule has 3 rings (SSSR count). The minimum atomic E-state index is -3.57. The maximum atomic E-state index is 13.0. The summed E-state index contributed by atoms with van der Waals surface area (Å²) in [7, 11) is -1.93. The molecule has 2 aromatic rings. The number of likely N-dealkylation sites (N-methyl/N-ethyl adjacent to an activating group) is 1. The van der Waals surface area contributed by atoms with E-state index >= 15 is 0 Å². The zero-order valence-corrected chi connectivity index (χ0v) is 16.9. The highest BCUT2D eigenvalue weighted by Crippen LogP contribution is 2.20. The molecule has 1 aliphatic heterocycles. The van der Waals surface area contributed by atoms with E-state index in [1.165, 1.54) is 45.6 Å². The maximum Gasteiger partial charge on any atom is 0.260 e. The molecule has 1 aliphatic rings. The van der Waals surface area contributed by atoms with E-state index in [1.54, 1.807) is 19.2 Å². The number of halogens is 1. The van der Waals surface area contributed by atoms with Gasteiger partial charge in [-0.05, 0) is 42.0 Å². The van der Waals surface area contributed by atoms with E-state index in [0.717, 1.165) is 5.56 Å². The lowest BCUT2D eigenvalue weighted by molar-refractivity contribution is -0.132. The van der Waals surface area contributed by atoms with Crippen molar-refractivity contribution in [2.24, 2.45) is 0 Å². The first-order valence-electron chi connectivity index (χ1n) is 9.15. The summed E-state index contributed by atoms with van der Waals surface area (Å²) in [5.74, 6) is -0.182. The Bertz CT molecular complexity index is 926. The molecule has 0 saturated carbocycles. The van der Waals surface area contributed by atoms with Crippen LogP contribution in [0.15, 0.2) is 53.4 Å². The monoisotopic (exact) mass is 422 g/mol. The molecule has 156 valence electrons. The molecule has 0 spiro atoms.